The second-order valence-corrected chi connectivity index (χ2v) is 8.84. The van der Waals surface area contributed by atoms with Gasteiger partial charge in [0.25, 0.3) is 0 Å². The molecule has 0 fully saturated rings. The maximum absolute atomic E-state index is 11.0. The summed E-state index contributed by atoms with van der Waals surface area (Å²) < 4.78 is 0.186. The van der Waals surface area contributed by atoms with E-state index in [4.69, 9.17) is 10.2 Å². The minimum atomic E-state index is -0.889. The van der Waals surface area contributed by atoms with Gasteiger partial charge in [0.2, 0.25) is 0 Å². The van der Waals surface area contributed by atoms with Crippen molar-refractivity contribution in [3.8, 4) is 0 Å². The Kier molecular flexibility index (Phi) is 18.0. The fourth-order valence-corrected chi connectivity index (χ4v) is 3.98. The summed E-state index contributed by atoms with van der Waals surface area (Å²) in [5, 5.41) is 28.4. The Labute approximate surface area is 173 Å². The Bertz CT molecular complexity index is 365. The number of nitrogens with zero attached hydrogens (tertiary/aromatic N) is 1. The highest BCUT2D eigenvalue weighted by Gasteiger charge is 2.27. The quantitative estimate of drug-likeness (QED) is 0.191. The second kappa shape index (κ2) is 18.4. The van der Waals surface area contributed by atoms with Gasteiger partial charge in [0, 0.05) is 0 Å². The van der Waals surface area contributed by atoms with Gasteiger partial charge in [-0.3, -0.25) is 0 Å². The van der Waals surface area contributed by atoms with Crippen molar-refractivity contribution in [2.45, 2.75) is 109 Å². The number of hydrogen-bond donors (Lipinski definition) is 3. The molecule has 0 rings (SSSR count). The van der Waals surface area contributed by atoms with Crippen LogP contribution in [0.3, 0.4) is 0 Å². The molecule has 0 amide bonds. The third-order valence-electron chi connectivity index (χ3n) is 5.70. The molecule has 0 aliphatic carbocycles. The molecule has 0 bridgehead atoms. The van der Waals surface area contributed by atoms with Crippen LogP contribution >= 0.6 is 0 Å². The zero-order valence-corrected chi connectivity index (χ0v) is 18.7. The maximum Gasteiger partial charge on any atom is 0.359 e. The molecule has 0 aliphatic rings. The van der Waals surface area contributed by atoms with Gasteiger partial charge in [-0.1, -0.05) is 96.8 Å². The van der Waals surface area contributed by atoms with E-state index >= 15 is 0 Å². The molecule has 0 aromatic carbocycles. The third-order valence-corrected chi connectivity index (χ3v) is 5.70. The molecule has 0 saturated carbocycles. The molecule has 5 nitrogen and oxygen atoms in total. The Hall–Kier alpha value is -0.650. The smallest absolute Gasteiger partial charge is 0.359 e. The number of likely N-dealkylation sites (N-methyl/N-ethyl adjacent to an activating group) is 1. The first-order valence-corrected chi connectivity index (χ1v) is 11.8. The fourth-order valence-electron chi connectivity index (χ4n) is 3.98. The summed E-state index contributed by atoms with van der Waals surface area (Å²) in [5.41, 5.74) is 0. The van der Waals surface area contributed by atoms with E-state index < -0.39 is 12.1 Å². The van der Waals surface area contributed by atoms with Crippen LogP contribution < -0.4 is 0 Å². The summed E-state index contributed by atoms with van der Waals surface area (Å²) in [6.45, 7) is 2.90. The van der Waals surface area contributed by atoms with E-state index in [2.05, 4.69) is 6.92 Å². The van der Waals surface area contributed by atoms with E-state index in [1.165, 1.54) is 77.0 Å². The summed E-state index contributed by atoms with van der Waals surface area (Å²) in [4.78, 5) is 11.0. The van der Waals surface area contributed by atoms with Crippen molar-refractivity contribution in [1.29, 1.82) is 0 Å². The summed E-state index contributed by atoms with van der Waals surface area (Å²) in [6.07, 6.45) is 18.6. The van der Waals surface area contributed by atoms with Crippen molar-refractivity contribution in [1.82, 2.24) is 0 Å². The predicted octanol–water partition coefficient (Wildman–Crippen LogP) is 4.74. The van der Waals surface area contributed by atoms with Gasteiger partial charge < -0.3 is 19.8 Å². The second-order valence-electron chi connectivity index (χ2n) is 8.84. The number of quaternary nitrogens is 1. The lowest BCUT2D eigenvalue weighted by molar-refractivity contribution is -0.905. The normalized spacial score (nSPS) is 14.7. The van der Waals surface area contributed by atoms with Crippen molar-refractivity contribution in [2.75, 3.05) is 33.3 Å². The standard InChI is InChI=1S/C23H47NO4/c1-3-4-5-6-7-8-9-10-11-12-13-14-15-16-17-22(26)20-24(2,18-19-25)21-23(27)28/h22,25-26H,3-21H2,1-2H3/p+1. The van der Waals surface area contributed by atoms with Crippen LogP contribution in [0.4, 0.5) is 0 Å². The first-order chi connectivity index (χ1) is 13.4. The zero-order chi connectivity index (χ0) is 21.1. The molecule has 28 heavy (non-hydrogen) atoms. The lowest BCUT2D eigenvalue weighted by atomic mass is 10.0. The van der Waals surface area contributed by atoms with Crippen molar-refractivity contribution in [3.05, 3.63) is 0 Å². The Morgan fingerprint density at radius 3 is 1.64 bits per heavy atom. The molecule has 5 heteroatoms. The minimum absolute atomic E-state index is 0.0592. The molecule has 0 aromatic rings. The number of carboxylic acids is 1. The van der Waals surface area contributed by atoms with Gasteiger partial charge in [-0.05, 0) is 6.42 Å². The summed E-state index contributed by atoms with van der Waals surface area (Å²) >= 11 is 0. The number of rotatable bonds is 21. The highest BCUT2D eigenvalue weighted by molar-refractivity contribution is 5.67. The number of hydrogen-bond acceptors (Lipinski definition) is 3. The minimum Gasteiger partial charge on any atom is -0.477 e. The lowest BCUT2D eigenvalue weighted by Gasteiger charge is -2.34. The van der Waals surface area contributed by atoms with Crippen LogP contribution in [-0.2, 0) is 4.79 Å². The van der Waals surface area contributed by atoms with Gasteiger partial charge in [0.05, 0.1) is 13.7 Å². The molecule has 0 heterocycles. The Morgan fingerprint density at radius 2 is 1.25 bits per heavy atom. The van der Waals surface area contributed by atoms with E-state index in [0.29, 0.717) is 13.1 Å². The summed E-state index contributed by atoms with van der Waals surface area (Å²) in [5.74, 6) is -0.889. The molecule has 2 unspecified atom stereocenters. The van der Waals surface area contributed by atoms with Crippen molar-refractivity contribution < 1.29 is 24.6 Å². The topological polar surface area (TPSA) is 77.8 Å². The first-order valence-electron chi connectivity index (χ1n) is 11.8. The molecule has 3 N–H and O–H groups in total. The molecule has 0 radical (unpaired) electrons. The van der Waals surface area contributed by atoms with Crippen molar-refractivity contribution in [2.24, 2.45) is 0 Å². The number of aliphatic carboxylic acids is 1. The first kappa shape index (κ1) is 27.4. The van der Waals surface area contributed by atoms with Crippen LogP contribution in [0.1, 0.15) is 103 Å². The number of unbranched alkanes of at least 4 members (excludes halogenated alkanes) is 13. The van der Waals surface area contributed by atoms with Gasteiger partial charge in [0.15, 0.2) is 6.54 Å². The number of aliphatic hydroxyl groups is 2. The Morgan fingerprint density at radius 1 is 0.821 bits per heavy atom. The fraction of sp³-hybridized carbons (Fsp3) is 0.957. The molecule has 2 atom stereocenters. The van der Waals surface area contributed by atoms with E-state index in [1.807, 2.05) is 0 Å². The van der Waals surface area contributed by atoms with Crippen LogP contribution in [0.25, 0.3) is 0 Å². The SMILES string of the molecule is CCCCCCCCCCCCCCCCC(O)C[N+](C)(CCO)CC(=O)O. The van der Waals surface area contributed by atoms with Crippen LogP contribution in [0.5, 0.6) is 0 Å². The number of aliphatic hydroxyl groups excluding tert-OH is 2. The lowest BCUT2D eigenvalue weighted by Crippen LogP contribution is -2.53. The molecular weight excluding hydrogens is 354 g/mol. The summed E-state index contributed by atoms with van der Waals surface area (Å²) in [7, 11) is 1.79. The van der Waals surface area contributed by atoms with Gasteiger partial charge in [0.1, 0.15) is 19.2 Å². The molecule has 0 saturated heterocycles. The largest absolute Gasteiger partial charge is 0.477 e. The van der Waals surface area contributed by atoms with Crippen molar-refractivity contribution in [3.63, 3.8) is 0 Å². The van der Waals surface area contributed by atoms with Crippen LogP contribution in [0.15, 0.2) is 0 Å². The van der Waals surface area contributed by atoms with Gasteiger partial charge >= 0.3 is 5.97 Å². The molecule has 0 spiro atoms. The predicted molar refractivity (Wildman–Crippen MR) is 116 cm³/mol. The highest BCUT2D eigenvalue weighted by Crippen LogP contribution is 2.14. The van der Waals surface area contributed by atoms with E-state index in [-0.39, 0.29) is 17.6 Å². The van der Waals surface area contributed by atoms with Gasteiger partial charge in [-0.2, -0.15) is 0 Å². The molecular formula is C23H48NO4+. The molecule has 0 aromatic heterocycles. The maximum atomic E-state index is 11.0. The Balaban J connectivity index is 3.53. The van der Waals surface area contributed by atoms with E-state index in [9.17, 15) is 9.90 Å². The van der Waals surface area contributed by atoms with E-state index in [0.717, 1.165) is 19.3 Å². The third kappa shape index (κ3) is 17.4. The van der Waals surface area contributed by atoms with Crippen molar-refractivity contribution >= 4 is 5.97 Å². The average Bonchev–Trinajstić information content (AvgIpc) is 2.61. The average molecular weight is 403 g/mol. The van der Waals surface area contributed by atoms with E-state index in [1.54, 1.807) is 7.05 Å². The monoisotopic (exact) mass is 402 g/mol. The summed E-state index contributed by atoms with van der Waals surface area (Å²) in [6, 6.07) is 0. The van der Waals surface area contributed by atoms with Gasteiger partial charge in [-0.25, -0.2) is 4.79 Å². The molecule has 0 aliphatic heterocycles. The number of carboxylic acid groups (broad SMARTS) is 1. The molecule has 168 valence electrons. The van der Waals surface area contributed by atoms with Gasteiger partial charge in [-0.15, -0.1) is 0 Å². The van der Waals surface area contributed by atoms with Crippen LogP contribution in [-0.4, -0.2) is 65.2 Å². The van der Waals surface area contributed by atoms with Crippen LogP contribution in [0, 0.1) is 0 Å². The highest BCUT2D eigenvalue weighted by atomic mass is 16.4. The zero-order valence-electron chi connectivity index (χ0n) is 18.7. The van der Waals surface area contributed by atoms with Crippen LogP contribution in [0.2, 0.25) is 0 Å². The number of carbonyl (C=O) groups is 1.